The van der Waals surface area contributed by atoms with Gasteiger partial charge in [0.25, 0.3) is 5.91 Å². The summed E-state index contributed by atoms with van der Waals surface area (Å²) >= 11 is 1.80. The van der Waals surface area contributed by atoms with Crippen molar-refractivity contribution in [2.75, 3.05) is 6.54 Å². The third kappa shape index (κ3) is 3.46. The van der Waals surface area contributed by atoms with E-state index in [1.165, 1.54) is 12.1 Å². The number of hydrogen-bond acceptors (Lipinski definition) is 2. The summed E-state index contributed by atoms with van der Waals surface area (Å²) < 4.78 is 13.4. The highest BCUT2D eigenvalue weighted by Crippen LogP contribution is 2.12. The van der Waals surface area contributed by atoms with Crippen LogP contribution in [0.25, 0.3) is 0 Å². The number of benzene rings is 1. The van der Waals surface area contributed by atoms with Gasteiger partial charge in [0.2, 0.25) is 0 Å². The molecule has 0 aliphatic rings. The van der Waals surface area contributed by atoms with E-state index in [9.17, 15) is 14.0 Å². The van der Waals surface area contributed by atoms with Crippen LogP contribution >= 0.6 is 22.6 Å². The first-order chi connectivity index (χ1) is 7.00. The number of nitrogens with one attached hydrogen (secondary N) is 1. The van der Waals surface area contributed by atoms with Crippen LogP contribution in [0.5, 0.6) is 0 Å². The van der Waals surface area contributed by atoms with Gasteiger partial charge in [-0.15, -0.1) is 0 Å². The average molecular weight is 323 g/mol. The summed E-state index contributed by atoms with van der Waals surface area (Å²) in [7, 11) is 0. The van der Waals surface area contributed by atoms with Gasteiger partial charge in [0.05, 0.1) is 0 Å². The third-order valence-electron chi connectivity index (χ3n) is 1.58. The summed E-state index contributed by atoms with van der Waals surface area (Å²) in [5.74, 6) is -2.25. The monoisotopic (exact) mass is 323 g/mol. The van der Waals surface area contributed by atoms with E-state index in [4.69, 9.17) is 5.11 Å². The maximum Gasteiger partial charge on any atom is 0.322 e. The highest BCUT2D eigenvalue weighted by atomic mass is 127. The van der Waals surface area contributed by atoms with Crippen LogP contribution in [0.3, 0.4) is 0 Å². The number of aliphatic carboxylic acids is 1. The minimum absolute atomic E-state index is 0.106. The van der Waals surface area contributed by atoms with Crippen molar-refractivity contribution in [3.63, 3.8) is 0 Å². The first-order valence-electron chi connectivity index (χ1n) is 3.95. The number of carboxylic acid groups (broad SMARTS) is 1. The average Bonchev–Trinajstić information content (AvgIpc) is 2.18. The minimum atomic E-state index is -1.14. The molecule has 0 atom stereocenters. The zero-order valence-corrected chi connectivity index (χ0v) is 9.62. The quantitative estimate of drug-likeness (QED) is 0.823. The summed E-state index contributed by atoms with van der Waals surface area (Å²) in [5.41, 5.74) is 0.106. The molecule has 0 unspecified atom stereocenters. The Morgan fingerprint density at radius 2 is 2.13 bits per heavy atom. The van der Waals surface area contributed by atoms with Crippen molar-refractivity contribution in [3.8, 4) is 0 Å². The Morgan fingerprint density at radius 3 is 2.67 bits per heavy atom. The van der Waals surface area contributed by atoms with Gasteiger partial charge in [0.1, 0.15) is 12.4 Å². The first-order valence-corrected chi connectivity index (χ1v) is 5.03. The summed E-state index contributed by atoms with van der Waals surface area (Å²) in [4.78, 5) is 21.4. The molecule has 1 amide bonds. The molecule has 1 aromatic rings. The molecule has 80 valence electrons. The van der Waals surface area contributed by atoms with Gasteiger partial charge in [-0.2, -0.15) is 0 Å². The Labute approximate surface area is 98.6 Å². The van der Waals surface area contributed by atoms with Gasteiger partial charge in [-0.05, 0) is 40.8 Å². The van der Waals surface area contributed by atoms with Gasteiger partial charge in [0, 0.05) is 9.13 Å². The smallest absolute Gasteiger partial charge is 0.322 e. The Bertz CT molecular complexity index is 408. The molecule has 0 saturated heterocycles. The highest BCUT2D eigenvalue weighted by molar-refractivity contribution is 14.1. The van der Waals surface area contributed by atoms with Gasteiger partial charge in [-0.1, -0.05) is 0 Å². The zero-order valence-electron chi connectivity index (χ0n) is 7.46. The number of carboxylic acids is 1. The van der Waals surface area contributed by atoms with Crippen LogP contribution in [0, 0.1) is 9.39 Å². The van der Waals surface area contributed by atoms with Crippen molar-refractivity contribution in [3.05, 3.63) is 33.1 Å². The normalized spacial score (nSPS) is 9.73. The Hall–Kier alpha value is -1.18. The lowest BCUT2D eigenvalue weighted by Gasteiger charge is -2.02. The molecule has 0 aliphatic carbocycles. The van der Waals surface area contributed by atoms with Crippen LogP contribution in [0.2, 0.25) is 0 Å². The Kier molecular flexibility index (Phi) is 4.01. The van der Waals surface area contributed by atoms with E-state index in [1.807, 2.05) is 0 Å². The van der Waals surface area contributed by atoms with Crippen molar-refractivity contribution in [2.24, 2.45) is 0 Å². The number of halogens is 2. The number of carbonyl (C=O) groups excluding carboxylic acids is 1. The van der Waals surface area contributed by atoms with Gasteiger partial charge in [-0.3, -0.25) is 9.59 Å². The third-order valence-corrected chi connectivity index (χ3v) is 2.46. The van der Waals surface area contributed by atoms with Crippen molar-refractivity contribution in [1.29, 1.82) is 0 Å². The fraction of sp³-hybridized carbons (Fsp3) is 0.111. The van der Waals surface area contributed by atoms with Gasteiger partial charge >= 0.3 is 5.97 Å². The Balaban J connectivity index is 2.74. The molecule has 4 nitrogen and oxygen atoms in total. The molecule has 1 rings (SSSR count). The predicted octanol–water partition coefficient (Wildman–Crippen LogP) is 1.24. The van der Waals surface area contributed by atoms with Gasteiger partial charge < -0.3 is 10.4 Å². The lowest BCUT2D eigenvalue weighted by Crippen LogP contribution is -2.29. The number of rotatable bonds is 3. The molecule has 0 fully saturated rings. The van der Waals surface area contributed by atoms with Gasteiger partial charge in [-0.25, -0.2) is 4.39 Å². The maximum absolute atomic E-state index is 13.0. The van der Waals surface area contributed by atoms with E-state index in [2.05, 4.69) is 5.32 Å². The number of amides is 1. The molecule has 0 spiro atoms. The second-order valence-corrected chi connectivity index (χ2v) is 3.87. The lowest BCUT2D eigenvalue weighted by molar-refractivity contribution is -0.135. The summed E-state index contributed by atoms with van der Waals surface area (Å²) in [6.07, 6.45) is 0. The van der Waals surface area contributed by atoms with Crippen molar-refractivity contribution in [1.82, 2.24) is 5.32 Å². The van der Waals surface area contributed by atoms with E-state index in [1.54, 1.807) is 22.6 Å². The molecule has 0 radical (unpaired) electrons. The standard InChI is InChI=1S/C9H7FINO3/c10-6-3-5(1-2-7(6)11)9(15)12-4-8(13)14/h1-3H,4H2,(H,12,15)(H,13,14). The van der Waals surface area contributed by atoms with E-state index in [0.717, 1.165) is 6.07 Å². The highest BCUT2D eigenvalue weighted by Gasteiger charge is 2.09. The second-order valence-electron chi connectivity index (χ2n) is 2.71. The summed E-state index contributed by atoms with van der Waals surface area (Å²) in [6, 6.07) is 3.95. The topological polar surface area (TPSA) is 66.4 Å². The van der Waals surface area contributed by atoms with Crippen molar-refractivity contribution in [2.45, 2.75) is 0 Å². The second kappa shape index (κ2) is 5.06. The van der Waals surface area contributed by atoms with Crippen LogP contribution < -0.4 is 5.32 Å². The van der Waals surface area contributed by atoms with Crippen molar-refractivity contribution >= 4 is 34.5 Å². The zero-order chi connectivity index (χ0) is 11.4. The summed E-state index contributed by atoms with van der Waals surface area (Å²) in [6.45, 7) is -0.480. The number of carbonyl (C=O) groups is 2. The molecule has 2 N–H and O–H groups in total. The van der Waals surface area contributed by atoms with Crippen LogP contribution in [0.1, 0.15) is 10.4 Å². The van der Waals surface area contributed by atoms with Crippen LogP contribution in [-0.2, 0) is 4.79 Å². The van der Waals surface area contributed by atoms with E-state index in [-0.39, 0.29) is 5.56 Å². The maximum atomic E-state index is 13.0. The molecule has 0 aliphatic heterocycles. The van der Waals surface area contributed by atoms with E-state index in [0.29, 0.717) is 3.57 Å². The predicted molar refractivity (Wildman–Crippen MR) is 59.1 cm³/mol. The largest absolute Gasteiger partial charge is 0.480 e. The fourth-order valence-electron chi connectivity index (χ4n) is 0.895. The molecule has 0 aromatic heterocycles. The van der Waals surface area contributed by atoms with E-state index < -0.39 is 24.2 Å². The molecule has 6 heteroatoms. The molecule has 15 heavy (non-hydrogen) atoms. The SMILES string of the molecule is O=C(O)CNC(=O)c1ccc(I)c(F)c1. The number of hydrogen-bond donors (Lipinski definition) is 2. The Morgan fingerprint density at radius 1 is 1.47 bits per heavy atom. The molecule has 0 heterocycles. The summed E-state index contributed by atoms with van der Waals surface area (Å²) in [5, 5.41) is 10.5. The molecule has 0 bridgehead atoms. The van der Waals surface area contributed by atoms with Crippen LogP contribution in [0.4, 0.5) is 4.39 Å². The van der Waals surface area contributed by atoms with E-state index >= 15 is 0 Å². The lowest BCUT2D eigenvalue weighted by atomic mass is 10.2. The first kappa shape index (κ1) is 11.9. The fourth-order valence-corrected chi connectivity index (χ4v) is 1.23. The van der Waals surface area contributed by atoms with Gasteiger partial charge in [0.15, 0.2) is 0 Å². The molecule has 1 aromatic carbocycles. The molecular formula is C9H7FINO3. The molecular weight excluding hydrogens is 316 g/mol. The molecule has 0 saturated carbocycles. The minimum Gasteiger partial charge on any atom is -0.480 e. The van der Waals surface area contributed by atoms with Crippen LogP contribution in [0.15, 0.2) is 18.2 Å². The van der Waals surface area contributed by atoms with Crippen molar-refractivity contribution < 1.29 is 19.1 Å². The van der Waals surface area contributed by atoms with Crippen LogP contribution in [-0.4, -0.2) is 23.5 Å².